The van der Waals surface area contributed by atoms with Crippen molar-refractivity contribution in [1.82, 2.24) is 24.6 Å². The molecule has 1 unspecified atom stereocenters. The molecule has 3 aromatic carbocycles. The Labute approximate surface area is 418 Å². The number of halogens is 1. The number of hydrogen-bond donors (Lipinski definition) is 3. The molecule has 16 nitrogen and oxygen atoms in total. The first-order chi connectivity index (χ1) is 34.3. The zero-order valence-electron chi connectivity index (χ0n) is 39.9. The summed E-state index contributed by atoms with van der Waals surface area (Å²) in [5, 5.41) is 17.0. The Hall–Kier alpha value is -6.53. The van der Waals surface area contributed by atoms with Gasteiger partial charge in [0.05, 0.1) is 26.8 Å². The van der Waals surface area contributed by atoms with Crippen molar-refractivity contribution in [2.75, 3.05) is 74.1 Å². The van der Waals surface area contributed by atoms with Crippen molar-refractivity contribution in [1.29, 1.82) is 0 Å². The van der Waals surface area contributed by atoms with Crippen molar-refractivity contribution in [3.8, 4) is 5.88 Å². The maximum Gasteiger partial charge on any atom is 0.293 e. The second-order valence-electron chi connectivity index (χ2n) is 19.7. The highest BCUT2D eigenvalue weighted by Crippen LogP contribution is 2.45. The number of sulfonamides is 1. The van der Waals surface area contributed by atoms with Gasteiger partial charge >= 0.3 is 0 Å². The lowest BCUT2D eigenvalue weighted by molar-refractivity contribution is -0.384. The van der Waals surface area contributed by atoms with Gasteiger partial charge in [0.15, 0.2) is 0 Å². The fourth-order valence-electron chi connectivity index (χ4n) is 10.3. The number of H-pyrrole nitrogens is 1. The third-order valence-electron chi connectivity index (χ3n) is 14.3. The van der Waals surface area contributed by atoms with Gasteiger partial charge in [-0.1, -0.05) is 49.2 Å². The summed E-state index contributed by atoms with van der Waals surface area (Å²) in [6, 6.07) is 26.8. The van der Waals surface area contributed by atoms with E-state index in [1.54, 1.807) is 18.5 Å². The van der Waals surface area contributed by atoms with Gasteiger partial charge in [0.25, 0.3) is 21.6 Å². The first kappa shape index (κ1) is 48.1. The van der Waals surface area contributed by atoms with Gasteiger partial charge in [0.2, 0.25) is 5.88 Å². The highest BCUT2D eigenvalue weighted by atomic mass is 35.5. The number of pyridine rings is 2. The number of carbonyl (C=O) groups excluding carboxylic acids is 1. The van der Waals surface area contributed by atoms with Gasteiger partial charge < -0.3 is 29.6 Å². The number of nitro groups is 1. The Balaban J connectivity index is 0.960. The number of anilines is 4. The molecule has 18 heteroatoms. The van der Waals surface area contributed by atoms with Crippen LogP contribution < -0.4 is 24.6 Å². The lowest BCUT2D eigenvalue weighted by atomic mass is 9.72. The fourth-order valence-corrected chi connectivity index (χ4v) is 11.4. The Morgan fingerprint density at radius 3 is 2.51 bits per heavy atom. The third kappa shape index (κ3) is 10.7. The van der Waals surface area contributed by atoms with Crippen LogP contribution >= 0.6 is 11.6 Å². The molecule has 0 radical (unpaired) electrons. The molecule has 0 saturated carbocycles. The van der Waals surface area contributed by atoms with Gasteiger partial charge in [-0.25, -0.2) is 13.1 Å². The molecule has 1 amide bonds. The van der Waals surface area contributed by atoms with Crippen molar-refractivity contribution in [2.24, 2.45) is 11.3 Å². The standard InChI is InChI=1S/C53H58ClN9O7S/c1-53(2)19-14-38(43(32-53)36-6-8-39(54)9-7-36)34-60-23-25-61(26-24-60)40-10-12-42(51(64)59-71(67,68)41-11-13-44(47(31-41)63(65)66)57-33-35-17-27-69-28-18-35)46(30-40)62-22-16-49(45-5-3-4-20-55-45)70-52-48(62)29-37-15-21-56-50(37)58-52/h3-13,15,20-21,29-31,35,49,57H,14,16-19,22-28,32-34H2,1-2H3,(H,56,58)(H,59,64). The fraction of sp³-hybridized carbons (Fsp3) is 0.377. The van der Waals surface area contributed by atoms with E-state index in [1.807, 2.05) is 59.5 Å². The molecule has 6 aromatic rings. The van der Waals surface area contributed by atoms with Crippen LogP contribution in [0.5, 0.6) is 5.88 Å². The van der Waals surface area contributed by atoms with Gasteiger partial charge in [-0.15, -0.1) is 0 Å². The van der Waals surface area contributed by atoms with Gasteiger partial charge in [0, 0.05) is 100 Å². The number of carbonyl (C=O) groups is 1. The topological polar surface area (TPSA) is 188 Å². The highest BCUT2D eigenvalue weighted by Gasteiger charge is 2.34. The number of allylic oxidation sites excluding steroid dienone is 1. The van der Waals surface area contributed by atoms with E-state index in [-0.39, 0.29) is 22.6 Å². The number of nitrogens with one attached hydrogen (secondary N) is 3. The molecule has 3 N–H and O–H groups in total. The van der Waals surface area contributed by atoms with Gasteiger partial charge in [-0.3, -0.25) is 24.8 Å². The highest BCUT2D eigenvalue weighted by molar-refractivity contribution is 7.90. The molecule has 71 heavy (non-hydrogen) atoms. The van der Waals surface area contributed by atoms with Crippen LogP contribution in [0, 0.1) is 21.4 Å². The SMILES string of the molecule is CC1(C)CCC(CN2CCN(c3ccc(C(=O)NS(=O)(=O)c4ccc(NCC5CCOCC5)c([N+](=O)[O-])c4)c(N4CCC(c5ccccn5)Oc5nc6[nH]ccc6cc54)c3)CC2)=C(c2ccc(Cl)cc2)C1. The minimum atomic E-state index is -4.62. The molecular formula is C53H58ClN9O7S. The molecule has 0 bridgehead atoms. The molecule has 4 aliphatic rings. The number of aromatic nitrogens is 3. The Kier molecular flexibility index (Phi) is 13.8. The monoisotopic (exact) mass is 999 g/mol. The second kappa shape index (κ2) is 20.3. The summed E-state index contributed by atoms with van der Waals surface area (Å²) in [5.74, 6) is -0.316. The first-order valence-electron chi connectivity index (χ1n) is 24.4. The van der Waals surface area contributed by atoms with E-state index in [4.69, 9.17) is 26.1 Å². The number of nitrogens with zero attached hydrogens (tertiary/aromatic N) is 6. The second-order valence-corrected chi connectivity index (χ2v) is 21.9. The van der Waals surface area contributed by atoms with Crippen molar-refractivity contribution in [3.05, 3.63) is 141 Å². The molecule has 370 valence electrons. The number of benzene rings is 3. The first-order valence-corrected chi connectivity index (χ1v) is 26.2. The summed E-state index contributed by atoms with van der Waals surface area (Å²) in [6.45, 7) is 10.7. The zero-order chi connectivity index (χ0) is 49.3. The summed E-state index contributed by atoms with van der Waals surface area (Å²) in [7, 11) is -4.62. The third-order valence-corrected chi connectivity index (χ3v) is 15.9. The van der Waals surface area contributed by atoms with Gasteiger partial charge in [-0.2, -0.15) is 4.98 Å². The van der Waals surface area contributed by atoms with Gasteiger partial charge in [-0.05, 0) is 121 Å². The predicted molar refractivity (Wildman–Crippen MR) is 276 cm³/mol. The average molecular weight is 1000 g/mol. The van der Waals surface area contributed by atoms with Crippen LogP contribution in [0.25, 0.3) is 16.6 Å². The number of nitro benzene ring substituents is 1. The largest absolute Gasteiger partial charge is 0.466 e. The van der Waals surface area contributed by atoms with E-state index in [1.165, 1.54) is 28.8 Å². The van der Waals surface area contributed by atoms with Crippen LogP contribution in [0.3, 0.4) is 0 Å². The molecule has 3 aromatic heterocycles. The van der Waals surface area contributed by atoms with E-state index < -0.39 is 37.5 Å². The van der Waals surface area contributed by atoms with Crippen molar-refractivity contribution in [3.63, 3.8) is 0 Å². The Bertz CT molecular complexity index is 3080. The molecule has 2 saturated heterocycles. The molecule has 1 atom stereocenters. The molecular weight excluding hydrogens is 942 g/mol. The zero-order valence-corrected chi connectivity index (χ0v) is 41.5. The van der Waals surface area contributed by atoms with E-state index in [9.17, 15) is 23.3 Å². The van der Waals surface area contributed by atoms with E-state index >= 15 is 0 Å². The lowest BCUT2D eigenvalue weighted by Crippen LogP contribution is -2.47. The maximum atomic E-state index is 14.7. The number of ether oxygens (including phenoxy) is 2. The van der Waals surface area contributed by atoms with Crippen LogP contribution in [-0.4, -0.2) is 98.1 Å². The molecule has 1 aliphatic carbocycles. The van der Waals surface area contributed by atoms with Crippen LogP contribution in [0.4, 0.5) is 28.4 Å². The molecule has 10 rings (SSSR count). The number of amides is 1. The summed E-state index contributed by atoms with van der Waals surface area (Å²) in [5.41, 5.74) is 7.42. The number of rotatable bonds is 13. The lowest BCUT2D eigenvalue weighted by Gasteiger charge is -2.39. The van der Waals surface area contributed by atoms with Crippen LogP contribution in [0.2, 0.25) is 5.02 Å². The number of aromatic amines is 1. The van der Waals surface area contributed by atoms with Crippen molar-refractivity contribution < 1.29 is 27.6 Å². The number of fused-ring (bicyclic) bond motifs is 2. The van der Waals surface area contributed by atoms with Crippen LogP contribution in [-0.2, 0) is 14.8 Å². The van der Waals surface area contributed by atoms with E-state index in [0.29, 0.717) is 55.6 Å². The molecule has 3 aliphatic heterocycles. The minimum absolute atomic E-state index is 0.0819. The minimum Gasteiger partial charge on any atom is -0.466 e. The van der Waals surface area contributed by atoms with E-state index in [2.05, 4.69) is 55.8 Å². The Morgan fingerprint density at radius 1 is 0.944 bits per heavy atom. The summed E-state index contributed by atoms with van der Waals surface area (Å²) < 4.78 is 42.6. The smallest absolute Gasteiger partial charge is 0.293 e. The normalized spacial score (nSPS) is 18.9. The summed E-state index contributed by atoms with van der Waals surface area (Å²) >= 11 is 6.30. The van der Waals surface area contributed by atoms with Crippen LogP contribution in [0.15, 0.2) is 114 Å². The van der Waals surface area contributed by atoms with E-state index in [0.717, 1.165) is 92.7 Å². The number of piperazine rings is 1. The summed E-state index contributed by atoms with van der Waals surface area (Å²) in [6.07, 6.45) is 8.29. The molecule has 0 spiro atoms. The Morgan fingerprint density at radius 2 is 1.75 bits per heavy atom. The summed E-state index contributed by atoms with van der Waals surface area (Å²) in [4.78, 5) is 45.4. The van der Waals surface area contributed by atoms with Crippen molar-refractivity contribution >= 4 is 72.6 Å². The number of hydrogen-bond acceptors (Lipinski definition) is 13. The molecule has 2 fully saturated rings. The maximum absolute atomic E-state index is 14.7. The van der Waals surface area contributed by atoms with Gasteiger partial charge in [0.1, 0.15) is 23.1 Å². The average Bonchev–Trinajstić information content (AvgIpc) is 3.75. The van der Waals surface area contributed by atoms with Crippen LogP contribution in [0.1, 0.15) is 80.1 Å². The molecule has 6 heterocycles. The quantitative estimate of drug-likeness (QED) is 0.0733. The van der Waals surface area contributed by atoms with Crippen molar-refractivity contribution in [2.45, 2.75) is 63.4 Å². The predicted octanol–water partition coefficient (Wildman–Crippen LogP) is 9.92.